The van der Waals surface area contributed by atoms with E-state index in [1.807, 2.05) is 0 Å². The highest BCUT2D eigenvalue weighted by molar-refractivity contribution is 7.91. The van der Waals surface area contributed by atoms with Crippen molar-refractivity contribution in [1.82, 2.24) is 10.6 Å². The minimum Gasteiger partial charge on any atom is -0.312 e. The van der Waals surface area contributed by atoms with E-state index in [2.05, 4.69) is 10.6 Å². The van der Waals surface area contributed by atoms with Crippen molar-refractivity contribution in [3.63, 3.8) is 0 Å². The van der Waals surface area contributed by atoms with E-state index in [1.54, 1.807) is 0 Å². The summed E-state index contributed by atoms with van der Waals surface area (Å²) >= 11 is 0. The number of nitrogens with one attached hydrogen (secondary N) is 2. The molecule has 0 bridgehead atoms. The number of sulfone groups is 2. The van der Waals surface area contributed by atoms with Crippen LogP contribution in [-0.2, 0) is 19.7 Å². The Morgan fingerprint density at radius 3 is 1.44 bits per heavy atom. The smallest absolute Gasteiger partial charge is 0.151 e. The Labute approximate surface area is 108 Å². The summed E-state index contributed by atoms with van der Waals surface area (Å²) in [5.41, 5.74) is 0. The van der Waals surface area contributed by atoms with Gasteiger partial charge in [-0.25, -0.2) is 16.8 Å². The zero-order chi connectivity index (χ0) is 13.2. The van der Waals surface area contributed by atoms with E-state index in [0.717, 1.165) is 0 Å². The zero-order valence-electron chi connectivity index (χ0n) is 10.3. The van der Waals surface area contributed by atoms with E-state index in [-0.39, 0.29) is 35.1 Å². The second kappa shape index (κ2) is 5.44. The maximum atomic E-state index is 11.2. The van der Waals surface area contributed by atoms with Gasteiger partial charge in [0.25, 0.3) is 0 Å². The second-order valence-electron chi connectivity index (χ2n) is 5.11. The fraction of sp³-hybridized carbons (Fsp3) is 1.00. The van der Waals surface area contributed by atoms with Crippen LogP contribution in [0.1, 0.15) is 12.8 Å². The first kappa shape index (κ1) is 14.2. The first-order chi connectivity index (χ1) is 8.36. The molecule has 0 radical (unpaired) electrons. The summed E-state index contributed by atoms with van der Waals surface area (Å²) in [6.45, 7) is 1.35. The van der Waals surface area contributed by atoms with Crippen LogP contribution in [0.4, 0.5) is 0 Å². The van der Waals surface area contributed by atoms with Gasteiger partial charge >= 0.3 is 0 Å². The molecule has 2 heterocycles. The molecule has 2 fully saturated rings. The maximum Gasteiger partial charge on any atom is 0.151 e. The largest absolute Gasteiger partial charge is 0.312 e. The van der Waals surface area contributed by atoms with Crippen LogP contribution in [0.5, 0.6) is 0 Å². The van der Waals surface area contributed by atoms with Gasteiger partial charge in [0, 0.05) is 25.2 Å². The molecule has 0 aromatic rings. The summed E-state index contributed by atoms with van der Waals surface area (Å²) in [4.78, 5) is 0. The van der Waals surface area contributed by atoms with Gasteiger partial charge in [0.15, 0.2) is 19.7 Å². The van der Waals surface area contributed by atoms with Gasteiger partial charge in [0.1, 0.15) is 0 Å². The molecule has 0 aromatic carbocycles. The van der Waals surface area contributed by atoms with Crippen LogP contribution >= 0.6 is 0 Å². The van der Waals surface area contributed by atoms with Crippen molar-refractivity contribution >= 4 is 19.7 Å². The molecule has 2 N–H and O–H groups in total. The molecule has 2 rings (SSSR count). The van der Waals surface area contributed by atoms with Crippen LogP contribution in [0.15, 0.2) is 0 Å². The van der Waals surface area contributed by atoms with E-state index in [9.17, 15) is 16.8 Å². The van der Waals surface area contributed by atoms with Gasteiger partial charge in [-0.3, -0.25) is 0 Å². The summed E-state index contributed by atoms with van der Waals surface area (Å²) in [7, 11) is -5.65. The van der Waals surface area contributed by atoms with Gasteiger partial charge in [-0.2, -0.15) is 0 Å². The number of hydrogen-bond donors (Lipinski definition) is 2. The Bertz CT molecular complexity index is 440. The van der Waals surface area contributed by atoms with Crippen molar-refractivity contribution in [2.24, 2.45) is 0 Å². The molecular weight excluding hydrogens is 276 g/mol. The van der Waals surface area contributed by atoms with Gasteiger partial charge in [0.2, 0.25) is 0 Å². The van der Waals surface area contributed by atoms with Crippen LogP contribution in [0, 0.1) is 0 Å². The van der Waals surface area contributed by atoms with Crippen molar-refractivity contribution in [2.45, 2.75) is 24.9 Å². The molecule has 18 heavy (non-hydrogen) atoms. The normalized spacial score (nSPS) is 33.8. The molecule has 6 nitrogen and oxygen atoms in total. The molecule has 106 valence electrons. The first-order valence-corrected chi connectivity index (χ1v) is 9.88. The molecule has 0 saturated carbocycles. The molecule has 2 atom stereocenters. The lowest BCUT2D eigenvalue weighted by Gasteiger charge is -2.13. The molecule has 0 aromatic heterocycles. The standard InChI is InChI=1S/C10H20N2O4S2/c13-17(14)5-1-9(7-17)11-3-4-12-10-2-6-18(15,16)8-10/h9-12H,1-8H2/t9-,10-/m0/s1. The van der Waals surface area contributed by atoms with E-state index in [1.165, 1.54) is 0 Å². The average molecular weight is 296 g/mol. The number of hydrogen-bond acceptors (Lipinski definition) is 6. The molecule has 2 aliphatic heterocycles. The second-order valence-corrected chi connectivity index (χ2v) is 9.57. The van der Waals surface area contributed by atoms with Crippen LogP contribution in [-0.4, -0.2) is 65.0 Å². The van der Waals surface area contributed by atoms with Crippen molar-refractivity contribution in [2.75, 3.05) is 36.1 Å². The minimum atomic E-state index is -2.83. The van der Waals surface area contributed by atoms with Crippen LogP contribution in [0.2, 0.25) is 0 Å². The lowest BCUT2D eigenvalue weighted by molar-refractivity contribution is 0.499. The monoisotopic (exact) mass is 296 g/mol. The fourth-order valence-electron chi connectivity index (χ4n) is 2.46. The van der Waals surface area contributed by atoms with Crippen molar-refractivity contribution in [3.05, 3.63) is 0 Å². The van der Waals surface area contributed by atoms with E-state index < -0.39 is 19.7 Å². The predicted octanol–water partition coefficient (Wildman–Crippen LogP) is -1.46. The van der Waals surface area contributed by atoms with Crippen molar-refractivity contribution in [3.8, 4) is 0 Å². The highest BCUT2D eigenvalue weighted by Gasteiger charge is 2.28. The number of rotatable bonds is 5. The minimum absolute atomic E-state index is 0.0594. The Morgan fingerprint density at radius 1 is 0.778 bits per heavy atom. The summed E-state index contributed by atoms with van der Waals surface area (Å²) < 4.78 is 44.9. The summed E-state index contributed by atoms with van der Waals surface area (Å²) in [5, 5.41) is 6.38. The summed E-state index contributed by atoms with van der Waals surface area (Å²) in [6.07, 6.45) is 1.36. The van der Waals surface area contributed by atoms with E-state index >= 15 is 0 Å². The lowest BCUT2D eigenvalue weighted by atomic mass is 10.2. The third-order valence-electron chi connectivity index (χ3n) is 3.46. The Balaban J connectivity index is 1.60. The van der Waals surface area contributed by atoms with Gasteiger partial charge in [0.05, 0.1) is 23.0 Å². The van der Waals surface area contributed by atoms with Gasteiger partial charge in [-0.1, -0.05) is 0 Å². The van der Waals surface area contributed by atoms with Crippen LogP contribution in [0.3, 0.4) is 0 Å². The maximum absolute atomic E-state index is 11.2. The van der Waals surface area contributed by atoms with Crippen LogP contribution in [0.25, 0.3) is 0 Å². The Hall–Kier alpha value is -0.180. The molecule has 2 aliphatic rings. The summed E-state index contributed by atoms with van der Waals surface area (Å²) in [5.74, 6) is 1.01. The van der Waals surface area contributed by atoms with E-state index in [4.69, 9.17) is 0 Å². The van der Waals surface area contributed by atoms with Crippen molar-refractivity contribution < 1.29 is 16.8 Å². The molecule has 0 aliphatic carbocycles. The molecule has 8 heteroatoms. The Morgan fingerprint density at radius 2 is 1.17 bits per heavy atom. The van der Waals surface area contributed by atoms with Gasteiger partial charge in [-0.05, 0) is 12.8 Å². The van der Waals surface area contributed by atoms with Gasteiger partial charge in [-0.15, -0.1) is 0 Å². The highest BCUT2D eigenvalue weighted by atomic mass is 32.2. The SMILES string of the molecule is O=S1(=O)CC[C@H](NCCN[C@H]2CCS(=O)(=O)C2)C1. The fourth-order valence-corrected chi connectivity index (χ4v) is 5.88. The molecule has 0 unspecified atom stereocenters. The Kier molecular flexibility index (Phi) is 4.30. The molecule has 2 saturated heterocycles. The van der Waals surface area contributed by atoms with E-state index in [0.29, 0.717) is 25.9 Å². The van der Waals surface area contributed by atoms with Gasteiger partial charge < -0.3 is 10.6 Å². The molecule has 0 amide bonds. The lowest BCUT2D eigenvalue weighted by Crippen LogP contribution is -2.39. The molecule has 0 spiro atoms. The third-order valence-corrected chi connectivity index (χ3v) is 6.99. The molecular formula is C10H20N2O4S2. The highest BCUT2D eigenvalue weighted by Crippen LogP contribution is 2.12. The average Bonchev–Trinajstić information content (AvgIpc) is 2.76. The topological polar surface area (TPSA) is 92.3 Å². The summed E-state index contributed by atoms with van der Waals surface area (Å²) in [6, 6.07) is 0.119. The first-order valence-electron chi connectivity index (χ1n) is 6.24. The van der Waals surface area contributed by atoms with Crippen LogP contribution < -0.4 is 10.6 Å². The predicted molar refractivity (Wildman–Crippen MR) is 70.1 cm³/mol. The zero-order valence-corrected chi connectivity index (χ0v) is 11.9. The third kappa shape index (κ3) is 4.18. The quantitative estimate of drug-likeness (QED) is 0.602. The van der Waals surface area contributed by atoms with Crippen molar-refractivity contribution in [1.29, 1.82) is 0 Å².